The van der Waals surface area contributed by atoms with E-state index in [-0.39, 0.29) is 34.9 Å². The van der Waals surface area contributed by atoms with Gasteiger partial charge in [0.15, 0.2) is 8.32 Å². The Bertz CT molecular complexity index is 828. The Labute approximate surface area is 223 Å². The van der Waals surface area contributed by atoms with Crippen LogP contribution in [0.1, 0.15) is 80.1 Å². The Morgan fingerprint density at radius 3 is 2.54 bits per heavy atom. The molecule has 198 valence electrons. The number of carbonyl (C=O) groups excluding carboxylic acids is 2. The highest BCUT2D eigenvalue weighted by Crippen LogP contribution is 2.41. The molecule has 35 heavy (non-hydrogen) atoms. The first-order valence-electron chi connectivity index (χ1n) is 12.9. The smallest absolute Gasteiger partial charge is 0.305 e. The van der Waals surface area contributed by atoms with Crippen molar-refractivity contribution in [2.75, 3.05) is 7.11 Å². The number of ketones is 1. The lowest BCUT2D eigenvalue weighted by Gasteiger charge is -2.40. The van der Waals surface area contributed by atoms with Crippen molar-refractivity contribution in [1.29, 1.82) is 0 Å². The Morgan fingerprint density at radius 1 is 1.31 bits per heavy atom. The number of carbonyl (C=O) groups is 2. The molecular formula is C29H47BrO4Si. The van der Waals surface area contributed by atoms with Crippen LogP contribution in [0.4, 0.5) is 0 Å². The number of methoxy groups -OCH3 is 1. The molecule has 1 rings (SSSR count). The Balaban J connectivity index is 3.02. The van der Waals surface area contributed by atoms with Crippen LogP contribution in [0.25, 0.3) is 0 Å². The largest absolute Gasteiger partial charge is 0.469 e. The topological polar surface area (TPSA) is 52.6 Å². The molecule has 1 aliphatic carbocycles. The van der Waals surface area contributed by atoms with Gasteiger partial charge in [0.05, 0.1) is 13.2 Å². The van der Waals surface area contributed by atoms with Crippen LogP contribution < -0.4 is 0 Å². The molecule has 0 bridgehead atoms. The molecule has 5 atom stereocenters. The van der Waals surface area contributed by atoms with Crippen molar-refractivity contribution in [3.63, 3.8) is 0 Å². The Morgan fingerprint density at radius 2 is 1.97 bits per heavy atom. The maximum absolute atomic E-state index is 12.9. The normalized spacial score (nSPS) is 23.2. The number of hydrogen-bond acceptors (Lipinski definition) is 4. The summed E-state index contributed by atoms with van der Waals surface area (Å²) < 4.78 is 12.6. The van der Waals surface area contributed by atoms with E-state index < -0.39 is 8.32 Å². The lowest BCUT2D eigenvalue weighted by molar-refractivity contribution is -0.140. The van der Waals surface area contributed by atoms with Gasteiger partial charge in [0.25, 0.3) is 0 Å². The van der Waals surface area contributed by atoms with Crippen molar-refractivity contribution in [2.24, 2.45) is 23.7 Å². The summed E-state index contributed by atoms with van der Waals surface area (Å²) in [5.41, 5.74) is 0. The molecule has 0 aromatic rings. The van der Waals surface area contributed by atoms with E-state index in [9.17, 15) is 9.59 Å². The predicted molar refractivity (Wildman–Crippen MR) is 152 cm³/mol. The predicted octanol–water partition coefficient (Wildman–Crippen LogP) is 7.84. The van der Waals surface area contributed by atoms with Crippen molar-refractivity contribution in [2.45, 2.75) is 104 Å². The molecule has 0 N–H and O–H groups in total. The van der Waals surface area contributed by atoms with Crippen molar-refractivity contribution < 1.29 is 18.8 Å². The van der Waals surface area contributed by atoms with Gasteiger partial charge in [-0.2, -0.15) is 0 Å². The van der Waals surface area contributed by atoms with Gasteiger partial charge < -0.3 is 9.16 Å². The number of halogens is 1. The van der Waals surface area contributed by atoms with Crippen LogP contribution >= 0.6 is 15.9 Å². The molecule has 1 saturated carbocycles. The van der Waals surface area contributed by atoms with Crippen molar-refractivity contribution in [3.8, 4) is 11.8 Å². The number of unbranched alkanes of at least 4 members (excludes halogenated alkanes) is 1. The van der Waals surface area contributed by atoms with E-state index in [1.54, 1.807) is 0 Å². The zero-order valence-electron chi connectivity index (χ0n) is 23.4. The number of allylic oxidation sites excluding steroid dienone is 3. The van der Waals surface area contributed by atoms with Crippen molar-refractivity contribution in [3.05, 3.63) is 22.7 Å². The summed E-state index contributed by atoms with van der Waals surface area (Å²) in [6, 6.07) is 0. The number of rotatable bonds is 12. The Hall–Kier alpha value is -1.16. The van der Waals surface area contributed by atoms with Crippen LogP contribution in [0.5, 0.6) is 0 Å². The molecule has 0 saturated heterocycles. The van der Waals surface area contributed by atoms with Crippen LogP contribution in [0.3, 0.4) is 0 Å². The molecule has 0 aliphatic heterocycles. The molecule has 1 fully saturated rings. The first-order valence-corrected chi connectivity index (χ1v) is 16.6. The number of hydrogen-bond donors (Lipinski definition) is 0. The summed E-state index contributed by atoms with van der Waals surface area (Å²) in [5, 5.41) is 0.123. The highest BCUT2D eigenvalue weighted by molar-refractivity contribution is 9.11. The SMILES string of the molecule is CC#CC[C@H](C)[C@@H](/C=C/[C@H]1[C@H](C)CC(=O)[C@@H]1C/C(Br)=C/CCCC(=O)OC)O[Si](C)(C)C(C)(C)C. The molecule has 0 aromatic heterocycles. The number of esters is 1. The third-order valence-corrected chi connectivity index (χ3v) is 12.7. The minimum atomic E-state index is -1.97. The van der Waals surface area contributed by atoms with Gasteiger partial charge in [0.2, 0.25) is 0 Å². The quantitative estimate of drug-likeness (QED) is 0.0793. The van der Waals surface area contributed by atoms with E-state index in [4.69, 9.17) is 9.16 Å². The van der Waals surface area contributed by atoms with E-state index in [0.717, 1.165) is 23.7 Å². The second-order valence-electron chi connectivity index (χ2n) is 11.5. The maximum Gasteiger partial charge on any atom is 0.305 e. The second-order valence-corrected chi connectivity index (χ2v) is 17.3. The van der Waals surface area contributed by atoms with Crippen molar-refractivity contribution >= 4 is 36.0 Å². The molecule has 0 radical (unpaired) electrons. The number of ether oxygens (including phenoxy) is 1. The lowest BCUT2D eigenvalue weighted by atomic mass is 9.86. The summed E-state index contributed by atoms with van der Waals surface area (Å²) in [6.45, 7) is 17.6. The van der Waals surface area contributed by atoms with E-state index in [1.807, 2.05) is 6.92 Å². The van der Waals surface area contributed by atoms with Gasteiger partial charge in [0, 0.05) is 25.2 Å². The molecule has 1 aliphatic rings. The van der Waals surface area contributed by atoms with Crippen LogP contribution in [0.2, 0.25) is 18.1 Å². The van der Waals surface area contributed by atoms with Crippen LogP contribution in [0.15, 0.2) is 22.7 Å². The van der Waals surface area contributed by atoms with Crippen molar-refractivity contribution in [1.82, 2.24) is 0 Å². The summed E-state index contributed by atoms with van der Waals surface area (Å²) in [6.07, 6.45) is 10.6. The van der Waals surface area contributed by atoms with Gasteiger partial charge in [-0.3, -0.25) is 9.59 Å². The molecular weight excluding hydrogens is 520 g/mol. The van der Waals surface area contributed by atoms with E-state index in [2.05, 4.69) is 93.7 Å². The first-order chi connectivity index (χ1) is 16.2. The highest BCUT2D eigenvalue weighted by Gasteiger charge is 2.41. The van der Waals surface area contributed by atoms with Gasteiger partial charge >= 0.3 is 5.97 Å². The van der Waals surface area contributed by atoms with E-state index in [0.29, 0.717) is 31.0 Å². The van der Waals surface area contributed by atoms with E-state index >= 15 is 0 Å². The third-order valence-electron chi connectivity index (χ3n) is 7.57. The van der Waals surface area contributed by atoms with Gasteiger partial charge in [-0.15, -0.1) is 11.8 Å². The monoisotopic (exact) mass is 566 g/mol. The van der Waals surface area contributed by atoms with E-state index in [1.165, 1.54) is 7.11 Å². The zero-order valence-corrected chi connectivity index (χ0v) is 26.0. The summed E-state index contributed by atoms with van der Waals surface area (Å²) >= 11 is 3.67. The summed E-state index contributed by atoms with van der Waals surface area (Å²) in [4.78, 5) is 24.2. The summed E-state index contributed by atoms with van der Waals surface area (Å²) in [7, 11) is -0.555. The Kier molecular flexibility index (Phi) is 13.2. The minimum absolute atomic E-state index is 0.0161. The standard InChI is InChI=1S/C29H47BrO4Si/c1-10-11-14-21(2)27(34-35(8,9)29(4,5)6)18-17-24-22(3)19-26(31)25(24)20-23(30)15-12-13-16-28(32)33-7/h15,17-18,21-22,24-25,27H,12-14,16,19-20H2,1-9H3/b18-17+,23-15-/t21-,22+,24-,25+,27+/m0/s1. The van der Waals surface area contributed by atoms with Gasteiger partial charge in [-0.1, -0.05) is 68.8 Å². The average Bonchev–Trinajstić information content (AvgIpc) is 3.03. The lowest BCUT2D eigenvalue weighted by Crippen LogP contribution is -2.45. The summed E-state index contributed by atoms with van der Waals surface area (Å²) in [5.74, 6) is 7.12. The molecule has 0 spiro atoms. The molecule has 4 nitrogen and oxygen atoms in total. The first kappa shape index (κ1) is 31.9. The van der Waals surface area contributed by atoms with Gasteiger partial charge in [-0.05, 0) is 66.6 Å². The molecule has 0 unspecified atom stereocenters. The van der Waals surface area contributed by atoms with Crippen LogP contribution in [0, 0.1) is 35.5 Å². The fourth-order valence-electron chi connectivity index (χ4n) is 4.17. The second kappa shape index (κ2) is 14.5. The highest BCUT2D eigenvalue weighted by atomic mass is 79.9. The van der Waals surface area contributed by atoms with Gasteiger partial charge in [0.1, 0.15) is 5.78 Å². The van der Waals surface area contributed by atoms with Crippen LogP contribution in [-0.2, 0) is 18.8 Å². The number of Topliss-reactive ketones (excluding diaryl/α,β-unsaturated/α-hetero) is 1. The maximum atomic E-state index is 12.9. The fraction of sp³-hybridized carbons (Fsp3) is 0.724. The third kappa shape index (κ3) is 10.4. The average molecular weight is 568 g/mol. The fourth-order valence-corrected chi connectivity index (χ4v) is 6.09. The minimum Gasteiger partial charge on any atom is -0.469 e. The molecule has 0 amide bonds. The van der Waals surface area contributed by atoms with Gasteiger partial charge in [-0.25, -0.2) is 0 Å². The van der Waals surface area contributed by atoms with Crippen LogP contribution in [-0.4, -0.2) is 33.3 Å². The zero-order chi connectivity index (χ0) is 26.8. The molecule has 6 heteroatoms. The molecule has 0 aromatic carbocycles. The molecule has 0 heterocycles.